The highest BCUT2D eigenvalue weighted by Crippen LogP contribution is 2.17. The van der Waals surface area contributed by atoms with E-state index in [1.807, 2.05) is 0 Å². The number of hydrogen-bond donors (Lipinski definition) is 0. The molecule has 0 aliphatic heterocycles. The van der Waals surface area contributed by atoms with Gasteiger partial charge in [-0.2, -0.15) is 5.10 Å². The highest BCUT2D eigenvalue weighted by atomic mass is 35.7. The molecule has 1 heterocycles. The van der Waals surface area contributed by atoms with Gasteiger partial charge >= 0.3 is 0 Å². The fourth-order valence-corrected chi connectivity index (χ4v) is 2.34. The van der Waals surface area contributed by atoms with Gasteiger partial charge in [0.15, 0.2) is 0 Å². The zero-order chi connectivity index (χ0) is 11.6. The normalized spacial score (nSPS) is 11.6. The molecular weight excluding hydrogens is 250 g/mol. The molecule has 0 radical (unpaired) electrons. The van der Waals surface area contributed by atoms with Crippen LogP contribution in [0.15, 0.2) is 36.9 Å². The van der Waals surface area contributed by atoms with E-state index in [0.29, 0.717) is 11.3 Å². The molecule has 0 N–H and O–H groups in total. The van der Waals surface area contributed by atoms with Gasteiger partial charge in [0.1, 0.15) is 12.7 Å². The molecule has 1 aromatic heterocycles. The number of para-hydroxylation sites is 1. The molecule has 7 heteroatoms. The van der Waals surface area contributed by atoms with Crippen molar-refractivity contribution in [2.75, 3.05) is 0 Å². The van der Waals surface area contributed by atoms with Crippen LogP contribution >= 0.6 is 10.7 Å². The fraction of sp³-hybridized carbons (Fsp3) is 0.111. The molecule has 2 aromatic rings. The quantitative estimate of drug-likeness (QED) is 0.779. The summed E-state index contributed by atoms with van der Waals surface area (Å²) in [6.45, 7) is 0. The maximum absolute atomic E-state index is 11.0. The summed E-state index contributed by atoms with van der Waals surface area (Å²) in [6.07, 6.45) is 2.88. The van der Waals surface area contributed by atoms with Crippen LogP contribution in [0.3, 0.4) is 0 Å². The van der Waals surface area contributed by atoms with Crippen molar-refractivity contribution in [2.45, 2.75) is 5.75 Å². The molecule has 0 amide bonds. The van der Waals surface area contributed by atoms with Gasteiger partial charge < -0.3 is 0 Å². The van der Waals surface area contributed by atoms with Crippen molar-refractivity contribution in [2.24, 2.45) is 0 Å². The van der Waals surface area contributed by atoms with E-state index in [9.17, 15) is 8.42 Å². The van der Waals surface area contributed by atoms with E-state index >= 15 is 0 Å². The summed E-state index contributed by atoms with van der Waals surface area (Å²) in [5, 5.41) is 3.94. The molecule has 0 aliphatic carbocycles. The Morgan fingerprint density at radius 3 is 2.69 bits per heavy atom. The molecule has 2 rings (SSSR count). The van der Waals surface area contributed by atoms with Gasteiger partial charge in [-0.3, -0.25) is 0 Å². The van der Waals surface area contributed by atoms with Crippen LogP contribution in [0.1, 0.15) is 5.56 Å². The summed E-state index contributed by atoms with van der Waals surface area (Å²) in [7, 11) is 1.65. The highest BCUT2D eigenvalue weighted by molar-refractivity contribution is 8.13. The second-order valence-electron chi connectivity index (χ2n) is 3.15. The molecule has 0 spiro atoms. The molecule has 84 valence electrons. The van der Waals surface area contributed by atoms with Crippen LogP contribution in [0.2, 0.25) is 0 Å². The smallest absolute Gasteiger partial charge is 0.223 e. The number of aromatic nitrogens is 3. The standard InChI is InChI=1S/C9H8ClN3O2S/c10-16(14,15)5-8-3-1-2-4-9(8)13-7-11-6-12-13/h1-4,6-7H,5H2. The molecule has 0 bridgehead atoms. The third-order valence-corrected chi connectivity index (χ3v) is 2.97. The van der Waals surface area contributed by atoms with E-state index in [1.165, 1.54) is 17.3 Å². The van der Waals surface area contributed by atoms with Gasteiger partial charge in [0, 0.05) is 10.7 Å². The summed E-state index contributed by atoms with van der Waals surface area (Å²) >= 11 is 0. The average molecular weight is 258 g/mol. The molecule has 5 nitrogen and oxygen atoms in total. The van der Waals surface area contributed by atoms with Gasteiger partial charge in [0.25, 0.3) is 0 Å². The van der Waals surface area contributed by atoms with Crippen LogP contribution in [0.4, 0.5) is 0 Å². The van der Waals surface area contributed by atoms with Crippen molar-refractivity contribution in [1.82, 2.24) is 14.8 Å². The van der Waals surface area contributed by atoms with Crippen molar-refractivity contribution in [3.8, 4) is 5.69 Å². The largest absolute Gasteiger partial charge is 0.236 e. The van der Waals surface area contributed by atoms with Crippen molar-refractivity contribution in [3.05, 3.63) is 42.5 Å². The molecule has 0 atom stereocenters. The Labute approximate surface area is 97.1 Å². The topological polar surface area (TPSA) is 64.8 Å². The Morgan fingerprint density at radius 2 is 2.06 bits per heavy atom. The van der Waals surface area contributed by atoms with E-state index in [1.54, 1.807) is 24.3 Å². The first-order valence-electron chi connectivity index (χ1n) is 4.41. The lowest BCUT2D eigenvalue weighted by Gasteiger charge is -2.06. The first-order chi connectivity index (χ1) is 7.56. The minimum Gasteiger partial charge on any atom is -0.223 e. The fourth-order valence-electron chi connectivity index (χ4n) is 1.37. The molecule has 0 aliphatic rings. The summed E-state index contributed by atoms with van der Waals surface area (Å²) in [4.78, 5) is 3.81. The van der Waals surface area contributed by atoms with Gasteiger partial charge in [0.05, 0.1) is 11.4 Å². The molecular formula is C9H8ClN3O2S. The number of halogens is 1. The molecule has 0 saturated heterocycles. The lowest BCUT2D eigenvalue weighted by molar-refractivity contribution is 0.608. The van der Waals surface area contributed by atoms with E-state index in [-0.39, 0.29) is 5.75 Å². The van der Waals surface area contributed by atoms with Gasteiger partial charge in [-0.1, -0.05) is 18.2 Å². The second kappa shape index (κ2) is 4.23. The molecule has 0 unspecified atom stereocenters. The third-order valence-electron chi connectivity index (χ3n) is 1.99. The van der Waals surface area contributed by atoms with E-state index in [0.717, 1.165) is 0 Å². The third kappa shape index (κ3) is 2.59. The number of benzene rings is 1. The Kier molecular flexibility index (Phi) is 2.93. The minimum absolute atomic E-state index is 0.232. The number of nitrogens with zero attached hydrogens (tertiary/aromatic N) is 3. The van der Waals surface area contributed by atoms with Gasteiger partial charge in [-0.05, 0) is 11.6 Å². The minimum atomic E-state index is -3.58. The highest BCUT2D eigenvalue weighted by Gasteiger charge is 2.12. The van der Waals surface area contributed by atoms with Crippen LogP contribution in [0.25, 0.3) is 5.69 Å². The van der Waals surface area contributed by atoms with Crippen molar-refractivity contribution < 1.29 is 8.42 Å². The van der Waals surface area contributed by atoms with Crippen molar-refractivity contribution in [3.63, 3.8) is 0 Å². The van der Waals surface area contributed by atoms with Crippen LogP contribution in [-0.4, -0.2) is 23.2 Å². The van der Waals surface area contributed by atoms with Gasteiger partial charge in [-0.15, -0.1) is 0 Å². The first-order valence-corrected chi connectivity index (χ1v) is 6.89. The van der Waals surface area contributed by atoms with E-state index in [2.05, 4.69) is 10.1 Å². The summed E-state index contributed by atoms with van der Waals surface area (Å²) in [5.41, 5.74) is 1.24. The number of hydrogen-bond acceptors (Lipinski definition) is 4. The van der Waals surface area contributed by atoms with Gasteiger partial charge in [0.2, 0.25) is 9.05 Å². The lowest BCUT2D eigenvalue weighted by Crippen LogP contribution is -2.03. The molecule has 16 heavy (non-hydrogen) atoms. The monoisotopic (exact) mass is 257 g/mol. The maximum Gasteiger partial charge on any atom is 0.236 e. The Bertz CT molecular complexity index is 581. The first kappa shape index (κ1) is 11.1. The lowest BCUT2D eigenvalue weighted by atomic mass is 10.2. The van der Waals surface area contributed by atoms with Crippen LogP contribution in [-0.2, 0) is 14.8 Å². The van der Waals surface area contributed by atoms with Gasteiger partial charge in [-0.25, -0.2) is 18.1 Å². The summed E-state index contributed by atoms with van der Waals surface area (Å²) in [5.74, 6) is -0.232. The Balaban J connectivity index is 2.47. The predicted octanol–water partition coefficient (Wildman–Crippen LogP) is 1.34. The Hall–Kier alpha value is -1.40. The molecule has 0 fully saturated rings. The average Bonchev–Trinajstić information content (AvgIpc) is 2.69. The van der Waals surface area contributed by atoms with Crippen LogP contribution in [0.5, 0.6) is 0 Å². The SMILES string of the molecule is O=S(=O)(Cl)Cc1ccccc1-n1cncn1. The Morgan fingerprint density at radius 1 is 1.31 bits per heavy atom. The molecule has 0 saturated carbocycles. The van der Waals surface area contributed by atoms with Crippen LogP contribution in [0, 0.1) is 0 Å². The zero-order valence-electron chi connectivity index (χ0n) is 8.12. The zero-order valence-corrected chi connectivity index (χ0v) is 9.69. The van der Waals surface area contributed by atoms with Crippen LogP contribution < -0.4 is 0 Å². The predicted molar refractivity (Wildman–Crippen MR) is 59.8 cm³/mol. The summed E-state index contributed by atoms with van der Waals surface area (Å²) < 4.78 is 23.6. The van der Waals surface area contributed by atoms with Crippen molar-refractivity contribution in [1.29, 1.82) is 0 Å². The maximum atomic E-state index is 11.0. The molecule has 1 aromatic carbocycles. The van der Waals surface area contributed by atoms with Crippen molar-refractivity contribution >= 4 is 19.7 Å². The number of rotatable bonds is 3. The van der Waals surface area contributed by atoms with E-state index < -0.39 is 9.05 Å². The summed E-state index contributed by atoms with van der Waals surface area (Å²) in [6, 6.07) is 6.99. The van der Waals surface area contributed by atoms with E-state index in [4.69, 9.17) is 10.7 Å². The second-order valence-corrected chi connectivity index (χ2v) is 5.93.